The summed E-state index contributed by atoms with van der Waals surface area (Å²) in [5, 5.41) is 0. The molecule has 0 N–H and O–H groups in total. The Labute approximate surface area is 307 Å². The lowest BCUT2D eigenvalue weighted by Crippen LogP contribution is -2.32. The molecule has 10 rings (SSSR count). The molecule has 0 atom stereocenters. The quantitative estimate of drug-likeness (QED) is 0.185. The van der Waals surface area contributed by atoms with Crippen molar-refractivity contribution in [2.75, 3.05) is 0 Å². The van der Waals surface area contributed by atoms with Crippen LogP contribution < -0.4 is 0 Å². The van der Waals surface area contributed by atoms with Crippen molar-refractivity contribution in [3.8, 4) is 56.5 Å². The number of benzene rings is 6. The summed E-state index contributed by atoms with van der Waals surface area (Å²) in [6.45, 7) is 4.14. The van der Waals surface area contributed by atoms with E-state index in [-0.39, 0.29) is 0 Å². The standard InChI is InChI=1S/C47H32N4S/c1-29-23-28-41(48-30(29)2)31-24-26-33(27-25-31)45-49-44(32-13-4-3-5-14-32)50-46(51-45)36-17-12-21-40-43(36)52-42-22-11-10-20-39(42)47(40)37-18-8-6-15-34(37)35-16-7-9-19-38(35)47/h3-28H,1-2H3. The number of pyridine rings is 1. The second-order valence-electron chi connectivity index (χ2n) is 13.5. The summed E-state index contributed by atoms with van der Waals surface area (Å²) in [4.78, 5) is 22.7. The zero-order valence-corrected chi connectivity index (χ0v) is 29.5. The fraction of sp³-hybridized carbons (Fsp3) is 0.0638. The third-order valence-electron chi connectivity index (χ3n) is 10.6. The highest BCUT2D eigenvalue weighted by atomic mass is 32.2. The first kappa shape index (κ1) is 30.6. The molecular formula is C47H32N4S. The van der Waals surface area contributed by atoms with Crippen molar-refractivity contribution in [2.24, 2.45) is 0 Å². The predicted octanol–water partition coefficient (Wildman–Crippen LogP) is 11.4. The minimum atomic E-state index is -0.476. The fourth-order valence-electron chi connectivity index (χ4n) is 7.98. The van der Waals surface area contributed by atoms with E-state index in [1.165, 1.54) is 48.7 Å². The number of hydrogen-bond donors (Lipinski definition) is 0. The van der Waals surface area contributed by atoms with Gasteiger partial charge in [0.1, 0.15) is 0 Å². The zero-order valence-electron chi connectivity index (χ0n) is 28.7. The van der Waals surface area contributed by atoms with Gasteiger partial charge in [-0.05, 0) is 64.9 Å². The van der Waals surface area contributed by atoms with Crippen LogP contribution in [-0.4, -0.2) is 19.9 Å². The first-order valence-electron chi connectivity index (χ1n) is 17.6. The Morgan fingerprint density at radius 1 is 0.404 bits per heavy atom. The van der Waals surface area contributed by atoms with Crippen LogP contribution in [-0.2, 0) is 5.41 Å². The lowest BCUT2D eigenvalue weighted by Gasteiger charge is -2.40. The molecule has 0 saturated carbocycles. The number of aromatic nitrogens is 4. The first-order chi connectivity index (χ1) is 25.6. The summed E-state index contributed by atoms with van der Waals surface area (Å²) >= 11 is 1.81. The van der Waals surface area contributed by atoms with Gasteiger partial charge in [-0.1, -0.05) is 157 Å². The molecule has 1 aliphatic carbocycles. The molecule has 0 amide bonds. The van der Waals surface area contributed by atoms with Gasteiger partial charge in [-0.25, -0.2) is 15.0 Å². The minimum absolute atomic E-state index is 0.476. The smallest absolute Gasteiger partial charge is 0.165 e. The minimum Gasteiger partial charge on any atom is -0.253 e. The molecule has 0 bridgehead atoms. The maximum atomic E-state index is 5.24. The van der Waals surface area contributed by atoms with Crippen molar-refractivity contribution in [2.45, 2.75) is 29.1 Å². The van der Waals surface area contributed by atoms with Gasteiger partial charge in [0.25, 0.3) is 0 Å². The molecule has 8 aromatic rings. The van der Waals surface area contributed by atoms with Crippen LogP contribution >= 0.6 is 11.8 Å². The second-order valence-corrected chi connectivity index (χ2v) is 14.5. The summed E-state index contributed by atoms with van der Waals surface area (Å²) in [6.07, 6.45) is 0. The number of aryl methyl sites for hydroxylation is 2. The lowest BCUT2D eigenvalue weighted by molar-refractivity contribution is 0.722. The largest absolute Gasteiger partial charge is 0.253 e. The van der Waals surface area contributed by atoms with E-state index in [1.54, 1.807) is 0 Å². The monoisotopic (exact) mass is 684 g/mol. The summed E-state index contributed by atoms with van der Waals surface area (Å²) in [5.74, 6) is 1.93. The van der Waals surface area contributed by atoms with Crippen LogP contribution in [0, 0.1) is 13.8 Å². The molecule has 1 aliphatic heterocycles. The van der Waals surface area contributed by atoms with E-state index >= 15 is 0 Å². The maximum Gasteiger partial charge on any atom is 0.165 e. The SMILES string of the molecule is Cc1ccc(-c2ccc(-c3nc(-c4ccccc4)nc(-c4cccc5c4Sc4ccccc4C54c5ccccc5-c5ccccc54)n3)cc2)nc1C. The van der Waals surface area contributed by atoms with Gasteiger partial charge in [0.15, 0.2) is 17.5 Å². The number of hydrogen-bond acceptors (Lipinski definition) is 5. The molecule has 2 aromatic heterocycles. The molecule has 0 fully saturated rings. The molecule has 3 heterocycles. The average Bonchev–Trinajstić information content (AvgIpc) is 3.50. The molecule has 0 saturated heterocycles. The molecule has 2 aliphatic rings. The number of rotatable bonds is 4. The summed E-state index contributed by atoms with van der Waals surface area (Å²) in [7, 11) is 0. The highest BCUT2D eigenvalue weighted by Crippen LogP contribution is 2.63. The van der Waals surface area contributed by atoms with E-state index in [9.17, 15) is 0 Å². The van der Waals surface area contributed by atoms with Crippen LogP contribution in [0.15, 0.2) is 168 Å². The van der Waals surface area contributed by atoms with E-state index in [1.807, 2.05) is 30.0 Å². The van der Waals surface area contributed by atoms with E-state index in [4.69, 9.17) is 19.9 Å². The molecule has 0 unspecified atom stereocenters. The Bertz CT molecular complexity index is 2640. The van der Waals surface area contributed by atoms with Crippen LogP contribution in [0.2, 0.25) is 0 Å². The van der Waals surface area contributed by atoms with E-state index in [2.05, 4.69) is 153 Å². The molecule has 5 heteroatoms. The van der Waals surface area contributed by atoms with Gasteiger partial charge in [0.2, 0.25) is 0 Å². The van der Waals surface area contributed by atoms with E-state index in [0.29, 0.717) is 17.5 Å². The van der Waals surface area contributed by atoms with Crippen molar-refractivity contribution >= 4 is 11.8 Å². The Kier molecular flexibility index (Phi) is 7.05. The van der Waals surface area contributed by atoms with E-state index in [0.717, 1.165) is 33.6 Å². The Balaban J connectivity index is 1.19. The molecule has 52 heavy (non-hydrogen) atoms. The van der Waals surface area contributed by atoms with Gasteiger partial charge in [0.05, 0.1) is 11.1 Å². The van der Waals surface area contributed by atoms with Crippen LogP contribution in [0.3, 0.4) is 0 Å². The summed E-state index contributed by atoms with van der Waals surface area (Å²) in [6, 6.07) is 56.1. The van der Waals surface area contributed by atoms with Crippen molar-refractivity contribution in [3.05, 3.63) is 191 Å². The highest BCUT2D eigenvalue weighted by Gasteiger charge is 2.50. The highest BCUT2D eigenvalue weighted by molar-refractivity contribution is 7.99. The molecule has 246 valence electrons. The molecule has 4 nitrogen and oxygen atoms in total. The number of fused-ring (bicyclic) bond motifs is 9. The Morgan fingerprint density at radius 3 is 1.63 bits per heavy atom. The molecule has 1 spiro atoms. The van der Waals surface area contributed by atoms with Gasteiger partial charge in [-0.2, -0.15) is 0 Å². The van der Waals surface area contributed by atoms with Crippen molar-refractivity contribution < 1.29 is 0 Å². The van der Waals surface area contributed by atoms with E-state index < -0.39 is 5.41 Å². The lowest BCUT2D eigenvalue weighted by atomic mass is 9.67. The Morgan fingerprint density at radius 2 is 0.942 bits per heavy atom. The first-order valence-corrected chi connectivity index (χ1v) is 18.4. The van der Waals surface area contributed by atoms with Crippen LogP contribution in [0.4, 0.5) is 0 Å². The van der Waals surface area contributed by atoms with Crippen molar-refractivity contribution in [3.63, 3.8) is 0 Å². The molecule has 0 radical (unpaired) electrons. The summed E-state index contributed by atoms with van der Waals surface area (Å²) in [5.41, 5.74) is 14.4. The van der Waals surface area contributed by atoms with Crippen LogP contribution in [0.1, 0.15) is 33.5 Å². The fourth-order valence-corrected chi connectivity index (χ4v) is 9.28. The predicted molar refractivity (Wildman–Crippen MR) is 210 cm³/mol. The maximum absolute atomic E-state index is 5.24. The van der Waals surface area contributed by atoms with Crippen molar-refractivity contribution in [1.29, 1.82) is 0 Å². The van der Waals surface area contributed by atoms with Gasteiger partial charge in [-0.3, -0.25) is 4.98 Å². The van der Waals surface area contributed by atoms with Gasteiger partial charge in [0, 0.05) is 37.7 Å². The van der Waals surface area contributed by atoms with Gasteiger partial charge >= 0.3 is 0 Å². The van der Waals surface area contributed by atoms with Crippen molar-refractivity contribution in [1.82, 2.24) is 19.9 Å². The number of nitrogens with zero attached hydrogens (tertiary/aromatic N) is 4. The topological polar surface area (TPSA) is 51.6 Å². The normalized spacial score (nSPS) is 13.3. The Hall–Kier alpha value is -6.17. The van der Waals surface area contributed by atoms with Gasteiger partial charge in [-0.15, -0.1) is 0 Å². The molecule has 6 aromatic carbocycles. The van der Waals surface area contributed by atoms with Crippen LogP contribution in [0.5, 0.6) is 0 Å². The average molecular weight is 685 g/mol. The molecular weight excluding hydrogens is 653 g/mol. The third-order valence-corrected chi connectivity index (χ3v) is 11.8. The third kappa shape index (κ3) is 4.63. The summed E-state index contributed by atoms with van der Waals surface area (Å²) < 4.78 is 0. The second kappa shape index (κ2) is 12.0. The van der Waals surface area contributed by atoms with Gasteiger partial charge < -0.3 is 0 Å². The zero-order chi connectivity index (χ0) is 34.8. The van der Waals surface area contributed by atoms with Crippen LogP contribution in [0.25, 0.3) is 56.5 Å².